The summed E-state index contributed by atoms with van der Waals surface area (Å²) in [5.74, 6) is -0.159. The Morgan fingerprint density at radius 2 is 1.68 bits per heavy atom. The number of benzene rings is 2. The van der Waals surface area contributed by atoms with E-state index >= 15 is 0 Å². The highest BCUT2D eigenvalue weighted by atomic mass is 16.5. The Bertz CT molecular complexity index is 1050. The lowest BCUT2D eigenvalue weighted by Gasteiger charge is -2.08. The molecule has 0 radical (unpaired) electrons. The number of hydrogen-bond acceptors (Lipinski definition) is 4. The number of nitrogens with zero attached hydrogens (tertiary/aromatic N) is 2. The van der Waals surface area contributed by atoms with E-state index in [2.05, 4.69) is 5.32 Å². The lowest BCUT2D eigenvalue weighted by atomic mass is 10.3. The van der Waals surface area contributed by atoms with Gasteiger partial charge in [0.15, 0.2) is 0 Å². The maximum atomic E-state index is 12.6. The number of nitrogens with one attached hydrogen (secondary N) is 1. The van der Waals surface area contributed by atoms with Gasteiger partial charge in [0.25, 0.3) is 0 Å². The fourth-order valence-corrected chi connectivity index (χ4v) is 2.98. The molecule has 146 valence electrons. The Balaban J connectivity index is 1.68. The first-order chi connectivity index (χ1) is 13.5. The van der Waals surface area contributed by atoms with E-state index in [9.17, 15) is 14.4 Å². The molecule has 0 aliphatic rings. The summed E-state index contributed by atoms with van der Waals surface area (Å²) in [5, 5.41) is 2.77. The minimum atomic E-state index is -0.427. The molecule has 0 bridgehead atoms. The molecule has 2 aromatic carbocycles. The average Bonchev–Trinajstić information content (AvgIpc) is 2.94. The van der Waals surface area contributed by atoms with Gasteiger partial charge in [-0.05, 0) is 43.3 Å². The molecule has 0 fully saturated rings. The SMILES string of the molecule is CCn1c(=O)n(CC(=O)Nc2ccc(OCCC(N)=O)cc2)c2ccccc21. The van der Waals surface area contributed by atoms with Crippen molar-refractivity contribution in [2.24, 2.45) is 5.73 Å². The van der Waals surface area contributed by atoms with Crippen LogP contribution in [0.3, 0.4) is 0 Å². The van der Waals surface area contributed by atoms with Crippen molar-refractivity contribution in [3.05, 3.63) is 59.0 Å². The number of amides is 2. The summed E-state index contributed by atoms with van der Waals surface area (Å²) >= 11 is 0. The number of carbonyl (C=O) groups excluding carboxylic acids is 2. The number of nitrogens with two attached hydrogens (primary N) is 1. The molecule has 2 amide bonds. The van der Waals surface area contributed by atoms with Crippen LogP contribution >= 0.6 is 0 Å². The molecule has 3 rings (SSSR count). The molecule has 1 aromatic heterocycles. The maximum absolute atomic E-state index is 12.6. The zero-order chi connectivity index (χ0) is 20.1. The van der Waals surface area contributed by atoms with E-state index in [0.717, 1.165) is 11.0 Å². The topological polar surface area (TPSA) is 108 Å². The molecule has 0 spiro atoms. The number of carbonyl (C=O) groups is 2. The van der Waals surface area contributed by atoms with E-state index in [0.29, 0.717) is 18.0 Å². The molecule has 8 nitrogen and oxygen atoms in total. The third kappa shape index (κ3) is 4.22. The Kier molecular flexibility index (Phi) is 5.78. The number of imidazole rings is 1. The van der Waals surface area contributed by atoms with Crippen LogP contribution in [0.4, 0.5) is 5.69 Å². The predicted molar refractivity (Wildman–Crippen MR) is 106 cm³/mol. The number of aromatic nitrogens is 2. The van der Waals surface area contributed by atoms with Crippen molar-refractivity contribution in [1.29, 1.82) is 0 Å². The molecule has 1 heterocycles. The number of ether oxygens (including phenoxy) is 1. The van der Waals surface area contributed by atoms with Crippen LogP contribution < -0.4 is 21.5 Å². The van der Waals surface area contributed by atoms with Gasteiger partial charge in [0.05, 0.1) is 24.1 Å². The largest absolute Gasteiger partial charge is 0.493 e. The highest BCUT2D eigenvalue weighted by Crippen LogP contribution is 2.17. The van der Waals surface area contributed by atoms with Crippen LogP contribution in [0, 0.1) is 0 Å². The van der Waals surface area contributed by atoms with Crippen LogP contribution in [0.1, 0.15) is 13.3 Å². The number of fused-ring (bicyclic) bond motifs is 1. The first-order valence-corrected chi connectivity index (χ1v) is 8.98. The summed E-state index contributed by atoms with van der Waals surface area (Å²) in [6.07, 6.45) is 0.138. The van der Waals surface area contributed by atoms with Gasteiger partial charge in [-0.2, -0.15) is 0 Å². The number of aryl methyl sites for hydroxylation is 1. The predicted octanol–water partition coefficient (Wildman–Crippen LogP) is 1.72. The maximum Gasteiger partial charge on any atom is 0.329 e. The first-order valence-electron chi connectivity index (χ1n) is 8.98. The fourth-order valence-electron chi connectivity index (χ4n) is 2.98. The molecule has 3 N–H and O–H groups in total. The number of anilines is 1. The van der Waals surface area contributed by atoms with Gasteiger partial charge >= 0.3 is 5.69 Å². The van der Waals surface area contributed by atoms with Gasteiger partial charge in [-0.1, -0.05) is 12.1 Å². The summed E-state index contributed by atoms with van der Waals surface area (Å²) in [6, 6.07) is 14.2. The lowest BCUT2D eigenvalue weighted by molar-refractivity contribution is -0.118. The highest BCUT2D eigenvalue weighted by molar-refractivity contribution is 5.91. The monoisotopic (exact) mass is 382 g/mol. The van der Waals surface area contributed by atoms with Crippen molar-refractivity contribution >= 4 is 28.5 Å². The smallest absolute Gasteiger partial charge is 0.329 e. The highest BCUT2D eigenvalue weighted by Gasteiger charge is 2.14. The summed E-state index contributed by atoms with van der Waals surface area (Å²) < 4.78 is 8.50. The van der Waals surface area contributed by atoms with E-state index in [4.69, 9.17) is 10.5 Å². The summed E-state index contributed by atoms with van der Waals surface area (Å²) in [7, 11) is 0. The van der Waals surface area contributed by atoms with E-state index in [-0.39, 0.29) is 31.2 Å². The normalized spacial score (nSPS) is 10.8. The van der Waals surface area contributed by atoms with Crippen molar-refractivity contribution in [2.75, 3.05) is 11.9 Å². The minimum Gasteiger partial charge on any atom is -0.493 e. The quantitative estimate of drug-likeness (QED) is 0.618. The third-order valence-electron chi connectivity index (χ3n) is 4.30. The second-order valence-electron chi connectivity index (χ2n) is 6.24. The molecule has 0 unspecified atom stereocenters. The molecule has 0 aliphatic carbocycles. The van der Waals surface area contributed by atoms with E-state index in [1.165, 1.54) is 4.57 Å². The second-order valence-corrected chi connectivity index (χ2v) is 6.24. The third-order valence-corrected chi connectivity index (χ3v) is 4.30. The Morgan fingerprint density at radius 1 is 1.04 bits per heavy atom. The zero-order valence-electron chi connectivity index (χ0n) is 15.6. The minimum absolute atomic E-state index is 0.0801. The van der Waals surface area contributed by atoms with Crippen LogP contribution in [-0.4, -0.2) is 27.6 Å². The molecule has 0 aliphatic heterocycles. The second kappa shape index (κ2) is 8.43. The summed E-state index contributed by atoms with van der Waals surface area (Å²) in [6.45, 7) is 2.55. The van der Waals surface area contributed by atoms with Crippen LogP contribution in [0.5, 0.6) is 5.75 Å². The van der Waals surface area contributed by atoms with Crippen molar-refractivity contribution < 1.29 is 14.3 Å². The number of para-hydroxylation sites is 2. The lowest BCUT2D eigenvalue weighted by Crippen LogP contribution is -2.29. The average molecular weight is 382 g/mol. The summed E-state index contributed by atoms with van der Waals surface area (Å²) in [4.78, 5) is 35.8. The van der Waals surface area contributed by atoms with Crippen molar-refractivity contribution in [2.45, 2.75) is 26.4 Å². The van der Waals surface area contributed by atoms with Gasteiger partial charge in [-0.25, -0.2) is 4.79 Å². The molecule has 8 heteroatoms. The van der Waals surface area contributed by atoms with Crippen LogP contribution in [0.15, 0.2) is 53.3 Å². The number of hydrogen-bond donors (Lipinski definition) is 2. The van der Waals surface area contributed by atoms with Gasteiger partial charge in [-0.3, -0.25) is 18.7 Å². The van der Waals surface area contributed by atoms with Crippen molar-refractivity contribution in [3.63, 3.8) is 0 Å². The van der Waals surface area contributed by atoms with Gasteiger partial charge in [0.2, 0.25) is 11.8 Å². The van der Waals surface area contributed by atoms with Gasteiger partial charge in [-0.15, -0.1) is 0 Å². The molecular formula is C20H22N4O4. The van der Waals surface area contributed by atoms with Crippen LogP contribution in [0.25, 0.3) is 11.0 Å². The van der Waals surface area contributed by atoms with Crippen LogP contribution in [-0.2, 0) is 22.7 Å². The Morgan fingerprint density at radius 3 is 2.29 bits per heavy atom. The van der Waals surface area contributed by atoms with Gasteiger partial charge in [0, 0.05) is 12.2 Å². The number of primary amides is 1. The van der Waals surface area contributed by atoms with E-state index in [1.54, 1.807) is 28.8 Å². The molecule has 0 saturated heterocycles. The van der Waals surface area contributed by atoms with Gasteiger partial charge < -0.3 is 15.8 Å². The molecule has 0 atom stereocenters. The zero-order valence-corrected chi connectivity index (χ0v) is 15.6. The number of rotatable bonds is 8. The Hall–Kier alpha value is -3.55. The summed E-state index contributed by atoms with van der Waals surface area (Å²) in [5.41, 5.74) is 6.96. The van der Waals surface area contributed by atoms with Crippen molar-refractivity contribution in [1.82, 2.24) is 9.13 Å². The standard InChI is InChI=1S/C20H22N4O4/c1-2-23-16-5-3-4-6-17(16)24(20(23)27)13-19(26)22-14-7-9-15(10-8-14)28-12-11-18(21)25/h3-10H,2,11-13H2,1H3,(H2,21,25)(H,22,26). The molecular weight excluding hydrogens is 360 g/mol. The van der Waals surface area contributed by atoms with Gasteiger partial charge in [0.1, 0.15) is 12.3 Å². The Labute approximate surface area is 161 Å². The van der Waals surface area contributed by atoms with E-state index < -0.39 is 5.91 Å². The fraction of sp³-hybridized carbons (Fsp3) is 0.250. The molecule has 28 heavy (non-hydrogen) atoms. The van der Waals surface area contributed by atoms with Crippen LogP contribution in [0.2, 0.25) is 0 Å². The first kappa shape index (κ1) is 19.2. The van der Waals surface area contributed by atoms with E-state index in [1.807, 2.05) is 31.2 Å². The van der Waals surface area contributed by atoms with Crippen molar-refractivity contribution in [3.8, 4) is 5.75 Å². The molecule has 0 saturated carbocycles. The molecule has 3 aromatic rings.